The van der Waals surface area contributed by atoms with Crippen LogP contribution in [0.25, 0.3) is 28.5 Å². The van der Waals surface area contributed by atoms with Crippen LogP contribution in [-0.4, -0.2) is 34.8 Å². The van der Waals surface area contributed by atoms with Gasteiger partial charge in [0.15, 0.2) is 11.0 Å². The number of hydrogen-bond acceptors (Lipinski definition) is 9. The van der Waals surface area contributed by atoms with E-state index in [1.165, 1.54) is 29.5 Å². The number of nitrogens with zero attached hydrogens (tertiary/aromatic N) is 7. The number of nitro groups is 1. The zero-order chi connectivity index (χ0) is 24.4. The Labute approximate surface area is 204 Å². The van der Waals surface area contributed by atoms with Crippen LogP contribution in [0.15, 0.2) is 76.7 Å². The molecule has 0 amide bonds. The van der Waals surface area contributed by atoms with Crippen molar-refractivity contribution in [3.05, 3.63) is 94.1 Å². The van der Waals surface area contributed by atoms with E-state index in [1.807, 2.05) is 22.8 Å². The molecule has 35 heavy (non-hydrogen) atoms. The fourth-order valence-corrected chi connectivity index (χ4v) is 4.23. The maximum absolute atomic E-state index is 10.9. The lowest BCUT2D eigenvalue weighted by Gasteiger charge is -2.11. The summed E-state index contributed by atoms with van der Waals surface area (Å²) in [6.45, 7) is 4.14. The Morgan fingerprint density at radius 1 is 0.971 bits per heavy atom. The van der Waals surface area contributed by atoms with Crippen molar-refractivity contribution in [3.8, 4) is 28.5 Å². The molecule has 2 aromatic carbocycles. The standard InChI is InChI=1S/C24H19N7O3S/c1-15-3-6-20(13-16(15)2)30-23(18-9-11-25-12-10-18)27-28-24(30)35-14-21-26-22(29-34-21)17-4-7-19(8-5-17)31(32)33/h3-13H,14H2,1-2H3. The molecule has 0 radical (unpaired) electrons. The third-order valence-corrected chi connectivity index (χ3v) is 6.36. The quantitative estimate of drug-likeness (QED) is 0.174. The maximum Gasteiger partial charge on any atom is 0.269 e. The van der Waals surface area contributed by atoms with Crippen LogP contribution in [0.5, 0.6) is 0 Å². The van der Waals surface area contributed by atoms with Crippen molar-refractivity contribution < 1.29 is 9.45 Å². The maximum atomic E-state index is 10.9. The van der Waals surface area contributed by atoms with Crippen LogP contribution in [0.3, 0.4) is 0 Å². The van der Waals surface area contributed by atoms with E-state index in [9.17, 15) is 10.1 Å². The molecule has 0 aliphatic heterocycles. The Kier molecular flexibility index (Phi) is 6.06. The molecule has 5 rings (SSSR count). The van der Waals surface area contributed by atoms with E-state index < -0.39 is 4.92 Å². The third-order valence-electron chi connectivity index (χ3n) is 5.45. The Morgan fingerprint density at radius 2 is 1.74 bits per heavy atom. The summed E-state index contributed by atoms with van der Waals surface area (Å²) in [5.41, 5.74) is 4.85. The van der Waals surface area contributed by atoms with Gasteiger partial charge in [-0.15, -0.1) is 10.2 Å². The number of hydrogen-bond donors (Lipinski definition) is 0. The van der Waals surface area contributed by atoms with Gasteiger partial charge in [0.25, 0.3) is 5.69 Å². The van der Waals surface area contributed by atoms with Gasteiger partial charge in [0, 0.05) is 35.7 Å². The minimum Gasteiger partial charge on any atom is -0.338 e. The highest BCUT2D eigenvalue weighted by molar-refractivity contribution is 7.98. The molecule has 0 aliphatic rings. The second-order valence-corrected chi connectivity index (χ2v) is 8.69. The van der Waals surface area contributed by atoms with Gasteiger partial charge in [-0.05, 0) is 61.4 Å². The van der Waals surface area contributed by atoms with Crippen LogP contribution < -0.4 is 0 Å². The first kappa shape index (κ1) is 22.4. The molecule has 0 saturated heterocycles. The molecule has 3 aromatic heterocycles. The summed E-state index contributed by atoms with van der Waals surface area (Å²) < 4.78 is 7.41. The van der Waals surface area contributed by atoms with E-state index in [0.717, 1.165) is 16.8 Å². The first-order valence-electron chi connectivity index (χ1n) is 10.6. The Morgan fingerprint density at radius 3 is 2.46 bits per heavy atom. The van der Waals surface area contributed by atoms with Gasteiger partial charge in [0.1, 0.15) is 0 Å². The zero-order valence-corrected chi connectivity index (χ0v) is 19.6. The SMILES string of the molecule is Cc1ccc(-n2c(SCc3nc(-c4ccc([N+](=O)[O-])cc4)no3)nnc2-c2ccncc2)cc1C. The summed E-state index contributed by atoms with van der Waals surface area (Å²) in [7, 11) is 0. The Bertz CT molecular complexity index is 1500. The molecule has 3 heterocycles. The van der Waals surface area contributed by atoms with Crippen LogP contribution in [0.2, 0.25) is 0 Å². The van der Waals surface area contributed by atoms with Crippen LogP contribution in [0.1, 0.15) is 17.0 Å². The largest absolute Gasteiger partial charge is 0.338 e. The van der Waals surface area contributed by atoms with Gasteiger partial charge in [0.05, 0.1) is 16.4 Å². The van der Waals surface area contributed by atoms with Gasteiger partial charge in [-0.25, -0.2) is 0 Å². The molecule has 10 nitrogen and oxygen atoms in total. The number of pyridine rings is 1. The van der Waals surface area contributed by atoms with Crippen molar-refractivity contribution in [1.82, 2.24) is 29.9 Å². The molecule has 0 unspecified atom stereocenters. The first-order valence-corrected chi connectivity index (χ1v) is 11.6. The van der Waals surface area contributed by atoms with Gasteiger partial charge in [-0.2, -0.15) is 4.98 Å². The predicted molar refractivity (Wildman–Crippen MR) is 130 cm³/mol. The molecule has 174 valence electrons. The minimum atomic E-state index is -0.450. The number of nitro benzene ring substituents is 1. The molecule has 0 spiro atoms. The van der Waals surface area contributed by atoms with E-state index in [-0.39, 0.29) is 5.69 Å². The number of aromatic nitrogens is 6. The van der Waals surface area contributed by atoms with Crippen molar-refractivity contribution in [2.45, 2.75) is 24.8 Å². The minimum absolute atomic E-state index is 0.00343. The lowest BCUT2D eigenvalue weighted by atomic mass is 10.1. The molecule has 0 fully saturated rings. The van der Waals surface area contributed by atoms with E-state index in [1.54, 1.807) is 24.5 Å². The van der Waals surface area contributed by atoms with Gasteiger partial charge in [-0.1, -0.05) is 23.0 Å². The predicted octanol–water partition coefficient (Wildman–Crippen LogP) is 5.20. The smallest absolute Gasteiger partial charge is 0.269 e. The Balaban J connectivity index is 1.42. The van der Waals surface area contributed by atoms with Gasteiger partial charge in [0.2, 0.25) is 11.7 Å². The van der Waals surface area contributed by atoms with Crippen molar-refractivity contribution in [3.63, 3.8) is 0 Å². The van der Waals surface area contributed by atoms with Crippen molar-refractivity contribution >= 4 is 17.4 Å². The summed E-state index contributed by atoms with van der Waals surface area (Å²) >= 11 is 1.42. The van der Waals surface area contributed by atoms with Gasteiger partial charge >= 0.3 is 0 Å². The first-order chi connectivity index (χ1) is 17.0. The highest BCUT2D eigenvalue weighted by Crippen LogP contribution is 2.30. The molecule has 5 aromatic rings. The van der Waals surface area contributed by atoms with Crippen molar-refractivity contribution in [1.29, 1.82) is 0 Å². The van der Waals surface area contributed by atoms with Gasteiger partial charge in [-0.3, -0.25) is 19.7 Å². The van der Waals surface area contributed by atoms with Crippen LogP contribution in [0.4, 0.5) is 5.69 Å². The summed E-state index contributed by atoms with van der Waals surface area (Å²) in [4.78, 5) is 18.9. The van der Waals surface area contributed by atoms with E-state index in [2.05, 4.69) is 51.3 Å². The molecule has 11 heteroatoms. The molecule has 0 atom stereocenters. The molecule has 0 aliphatic carbocycles. The van der Waals surface area contributed by atoms with Crippen LogP contribution in [-0.2, 0) is 5.75 Å². The number of aryl methyl sites for hydroxylation is 2. The lowest BCUT2D eigenvalue weighted by molar-refractivity contribution is -0.384. The summed E-state index contributed by atoms with van der Waals surface area (Å²) in [5, 5.41) is 24.4. The second kappa shape index (κ2) is 9.47. The number of thioether (sulfide) groups is 1. The normalized spacial score (nSPS) is 11.0. The highest BCUT2D eigenvalue weighted by atomic mass is 32.2. The molecule has 0 N–H and O–H groups in total. The number of non-ortho nitro benzene ring substituents is 1. The topological polar surface area (TPSA) is 126 Å². The van der Waals surface area contributed by atoms with Crippen molar-refractivity contribution in [2.24, 2.45) is 0 Å². The van der Waals surface area contributed by atoms with Gasteiger partial charge < -0.3 is 4.52 Å². The summed E-state index contributed by atoms with van der Waals surface area (Å²) in [5.74, 6) is 1.85. The molecule has 0 saturated carbocycles. The zero-order valence-electron chi connectivity index (χ0n) is 18.8. The number of rotatable bonds is 7. The molecule has 0 bridgehead atoms. The fraction of sp³-hybridized carbons (Fsp3) is 0.125. The summed E-state index contributed by atoms with van der Waals surface area (Å²) in [6, 6.07) is 16.0. The van der Waals surface area contributed by atoms with Crippen molar-refractivity contribution in [2.75, 3.05) is 0 Å². The summed E-state index contributed by atoms with van der Waals surface area (Å²) in [6.07, 6.45) is 3.44. The molecular weight excluding hydrogens is 466 g/mol. The lowest BCUT2D eigenvalue weighted by Crippen LogP contribution is -2.01. The Hall–Kier alpha value is -4.38. The third kappa shape index (κ3) is 4.66. The average molecular weight is 486 g/mol. The average Bonchev–Trinajstić information content (AvgIpc) is 3.52. The second-order valence-electron chi connectivity index (χ2n) is 7.75. The van der Waals surface area contributed by atoms with E-state index in [0.29, 0.717) is 34.0 Å². The molecular formula is C24H19N7O3S. The van der Waals surface area contributed by atoms with E-state index in [4.69, 9.17) is 4.52 Å². The number of benzene rings is 2. The monoisotopic (exact) mass is 485 g/mol. The van der Waals surface area contributed by atoms with Crippen LogP contribution in [0, 0.1) is 24.0 Å². The highest BCUT2D eigenvalue weighted by Gasteiger charge is 2.18. The van der Waals surface area contributed by atoms with Crippen LogP contribution >= 0.6 is 11.8 Å². The fourth-order valence-electron chi connectivity index (χ4n) is 3.44. The van der Waals surface area contributed by atoms with E-state index >= 15 is 0 Å².